The van der Waals surface area contributed by atoms with Crippen LogP contribution in [0.25, 0.3) is 5.57 Å². The summed E-state index contributed by atoms with van der Waals surface area (Å²) < 4.78 is 16.1. The number of nitrogens with zero attached hydrogens (tertiary/aromatic N) is 3. The number of methoxy groups -OCH3 is 2. The Balaban J connectivity index is 1.64. The number of morpholine rings is 1. The van der Waals surface area contributed by atoms with E-state index in [4.69, 9.17) is 14.2 Å². The van der Waals surface area contributed by atoms with E-state index < -0.39 is 0 Å². The van der Waals surface area contributed by atoms with Crippen LogP contribution in [-0.2, 0) is 14.3 Å². The highest BCUT2D eigenvalue weighted by atomic mass is 16.5. The first-order chi connectivity index (χ1) is 14.6. The number of benzene rings is 1. The van der Waals surface area contributed by atoms with Crippen molar-refractivity contribution in [1.29, 1.82) is 0 Å². The van der Waals surface area contributed by atoms with Gasteiger partial charge in [-0.05, 0) is 30.5 Å². The normalized spacial score (nSPS) is 20.5. The lowest BCUT2D eigenvalue weighted by Gasteiger charge is -2.28. The van der Waals surface area contributed by atoms with Crippen LogP contribution < -0.4 is 9.47 Å². The maximum Gasteiger partial charge on any atom is 0.277 e. The number of likely N-dealkylation sites (tertiary alicyclic amines) is 1. The zero-order valence-electron chi connectivity index (χ0n) is 17.7. The van der Waals surface area contributed by atoms with Gasteiger partial charge in [0.15, 0.2) is 11.5 Å². The Morgan fingerprint density at radius 2 is 1.60 bits per heavy atom. The zero-order valence-corrected chi connectivity index (χ0v) is 17.7. The molecule has 8 heteroatoms. The van der Waals surface area contributed by atoms with Gasteiger partial charge in [-0.2, -0.15) is 0 Å². The van der Waals surface area contributed by atoms with E-state index in [0.29, 0.717) is 54.6 Å². The molecule has 1 aromatic rings. The molecule has 1 aromatic carbocycles. The average Bonchev–Trinajstić information content (AvgIpc) is 3.39. The van der Waals surface area contributed by atoms with E-state index in [9.17, 15) is 9.59 Å². The number of imide groups is 1. The molecule has 0 aromatic heterocycles. The molecule has 2 fully saturated rings. The lowest BCUT2D eigenvalue weighted by molar-refractivity contribution is -0.137. The molecule has 0 unspecified atom stereocenters. The number of amides is 2. The van der Waals surface area contributed by atoms with Crippen molar-refractivity contribution >= 4 is 17.4 Å². The molecule has 0 aliphatic carbocycles. The molecule has 3 aliphatic rings. The zero-order chi connectivity index (χ0) is 21.1. The minimum atomic E-state index is -0.234. The van der Waals surface area contributed by atoms with Gasteiger partial charge in [-0.25, -0.2) is 0 Å². The first-order valence-electron chi connectivity index (χ1n) is 10.5. The van der Waals surface area contributed by atoms with Crippen LogP contribution in [0.2, 0.25) is 0 Å². The minimum Gasteiger partial charge on any atom is -0.493 e. The Morgan fingerprint density at radius 3 is 2.27 bits per heavy atom. The van der Waals surface area contributed by atoms with Gasteiger partial charge in [0.1, 0.15) is 5.70 Å². The monoisotopic (exact) mass is 415 g/mol. The van der Waals surface area contributed by atoms with Crippen LogP contribution in [0.4, 0.5) is 0 Å². The third kappa shape index (κ3) is 3.89. The lowest BCUT2D eigenvalue weighted by Crippen LogP contribution is -2.44. The van der Waals surface area contributed by atoms with E-state index in [1.165, 1.54) is 4.90 Å². The number of ether oxygens (including phenoxy) is 3. The number of hydrogen-bond donors (Lipinski definition) is 0. The topological polar surface area (TPSA) is 71.5 Å². The average molecular weight is 415 g/mol. The van der Waals surface area contributed by atoms with E-state index in [2.05, 4.69) is 9.80 Å². The molecule has 8 nitrogen and oxygen atoms in total. The largest absolute Gasteiger partial charge is 0.493 e. The highest BCUT2D eigenvalue weighted by Crippen LogP contribution is 2.37. The SMILES string of the molecule is COc1ccc(C2=C(N3CCCC3)C(=O)N(CCN3CCOCC3)C2=O)cc1OC. The third-order valence-corrected chi connectivity index (χ3v) is 5.98. The summed E-state index contributed by atoms with van der Waals surface area (Å²) in [6, 6.07) is 5.38. The molecule has 0 spiro atoms. The minimum absolute atomic E-state index is 0.194. The summed E-state index contributed by atoms with van der Waals surface area (Å²) >= 11 is 0. The van der Waals surface area contributed by atoms with Crippen LogP contribution in [0.15, 0.2) is 23.9 Å². The molecule has 162 valence electrons. The van der Waals surface area contributed by atoms with E-state index >= 15 is 0 Å². The smallest absolute Gasteiger partial charge is 0.277 e. The fraction of sp³-hybridized carbons (Fsp3) is 0.545. The van der Waals surface area contributed by atoms with Crippen molar-refractivity contribution in [2.75, 3.05) is 66.7 Å². The summed E-state index contributed by atoms with van der Waals surface area (Å²) in [5.74, 6) is 0.697. The molecular weight excluding hydrogens is 386 g/mol. The second-order valence-corrected chi connectivity index (χ2v) is 7.70. The Labute approximate surface area is 177 Å². The molecule has 0 atom stereocenters. The van der Waals surface area contributed by atoms with Crippen molar-refractivity contribution in [2.24, 2.45) is 0 Å². The summed E-state index contributed by atoms with van der Waals surface area (Å²) in [4.78, 5) is 32.4. The first kappa shape index (κ1) is 20.7. The van der Waals surface area contributed by atoms with Crippen LogP contribution in [0.5, 0.6) is 11.5 Å². The summed E-state index contributed by atoms with van der Waals surface area (Å²) in [7, 11) is 3.14. The molecular formula is C22H29N3O5. The quantitative estimate of drug-likeness (QED) is 0.620. The number of hydrogen-bond acceptors (Lipinski definition) is 7. The molecule has 30 heavy (non-hydrogen) atoms. The second kappa shape index (κ2) is 9.06. The van der Waals surface area contributed by atoms with Gasteiger partial charge in [-0.3, -0.25) is 19.4 Å². The van der Waals surface area contributed by atoms with Gasteiger partial charge in [-0.1, -0.05) is 6.07 Å². The first-order valence-corrected chi connectivity index (χ1v) is 10.5. The summed E-state index contributed by atoms with van der Waals surface area (Å²) in [5.41, 5.74) is 1.67. The molecule has 0 bridgehead atoms. The van der Waals surface area contributed by atoms with E-state index in [1.807, 2.05) is 6.07 Å². The van der Waals surface area contributed by atoms with Crippen LogP contribution in [0.1, 0.15) is 18.4 Å². The molecule has 0 radical (unpaired) electrons. The van der Waals surface area contributed by atoms with Crippen molar-refractivity contribution in [3.8, 4) is 11.5 Å². The van der Waals surface area contributed by atoms with Gasteiger partial charge in [0.25, 0.3) is 11.8 Å². The van der Waals surface area contributed by atoms with Crippen molar-refractivity contribution < 1.29 is 23.8 Å². The number of carbonyl (C=O) groups excluding carboxylic acids is 2. The van der Waals surface area contributed by atoms with Crippen LogP contribution in [-0.4, -0.2) is 93.2 Å². The highest BCUT2D eigenvalue weighted by Gasteiger charge is 2.42. The van der Waals surface area contributed by atoms with Crippen molar-refractivity contribution in [1.82, 2.24) is 14.7 Å². The van der Waals surface area contributed by atoms with Gasteiger partial charge < -0.3 is 19.1 Å². The van der Waals surface area contributed by atoms with Crippen molar-refractivity contribution in [3.63, 3.8) is 0 Å². The van der Waals surface area contributed by atoms with Crippen LogP contribution in [0, 0.1) is 0 Å². The van der Waals surface area contributed by atoms with Crippen molar-refractivity contribution in [3.05, 3.63) is 29.5 Å². The summed E-state index contributed by atoms with van der Waals surface area (Å²) in [5, 5.41) is 0. The predicted octanol–water partition coefficient (Wildman–Crippen LogP) is 1.21. The molecule has 4 rings (SSSR count). The fourth-order valence-electron chi connectivity index (χ4n) is 4.32. The maximum atomic E-state index is 13.4. The van der Waals surface area contributed by atoms with Gasteiger partial charge in [-0.15, -0.1) is 0 Å². The molecule has 3 heterocycles. The van der Waals surface area contributed by atoms with Gasteiger partial charge in [0.05, 0.1) is 33.0 Å². The standard InChI is InChI=1S/C22H29N3O5/c1-28-17-6-5-16(15-18(17)29-2)19-20(24-7-3-4-8-24)22(27)25(21(19)26)10-9-23-11-13-30-14-12-23/h5-6,15H,3-4,7-14H2,1-2H3. The Hall–Kier alpha value is -2.58. The Morgan fingerprint density at radius 1 is 0.900 bits per heavy atom. The van der Waals surface area contributed by atoms with Gasteiger partial charge in [0.2, 0.25) is 0 Å². The van der Waals surface area contributed by atoms with Crippen LogP contribution in [0.3, 0.4) is 0 Å². The third-order valence-electron chi connectivity index (χ3n) is 5.98. The molecule has 2 saturated heterocycles. The van der Waals surface area contributed by atoms with Crippen LogP contribution >= 0.6 is 0 Å². The van der Waals surface area contributed by atoms with E-state index in [0.717, 1.165) is 39.0 Å². The molecule has 0 saturated carbocycles. The van der Waals surface area contributed by atoms with E-state index in [-0.39, 0.29) is 11.8 Å². The molecule has 2 amide bonds. The second-order valence-electron chi connectivity index (χ2n) is 7.70. The van der Waals surface area contributed by atoms with Gasteiger partial charge >= 0.3 is 0 Å². The Kier molecular flexibility index (Phi) is 6.24. The summed E-state index contributed by atoms with van der Waals surface area (Å²) in [6.45, 7) is 5.66. The fourth-order valence-corrected chi connectivity index (χ4v) is 4.32. The Bertz CT molecular complexity index is 841. The van der Waals surface area contributed by atoms with Crippen molar-refractivity contribution in [2.45, 2.75) is 12.8 Å². The summed E-state index contributed by atoms with van der Waals surface area (Å²) in [6.07, 6.45) is 2.05. The van der Waals surface area contributed by atoms with E-state index in [1.54, 1.807) is 26.4 Å². The number of rotatable bonds is 7. The predicted molar refractivity (Wildman–Crippen MR) is 111 cm³/mol. The lowest BCUT2D eigenvalue weighted by atomic mass is 10.0. The molecule has 3 aliphatic heterocycles. The maximum absolute atomic E-state index is 13.4. The highest BCUT2D eigenvalue weighted by molar-refractivity contribution is 6.35. The molecule has 0 N–H and O–H groups in total. The number of carbonyl (C=O) groups is 2. The van der Waals surface area contributed by atoms with Gasteiger partial charge in [0, 0.05) is 39.3 Å².